The molecule has 0 aromatic heterocycles. The number of benzene rings is 1. The number of hydrogen-bond acceptors (Lipinski definition) is 5. The number of carbonyl (C=O) groups is 2. The first kappa shape index (κ1) is 16.5. The van der Waals surface area contributed by atoms with Crippen LogP contribution < -0.4 is 10.3 Å². The monoisotopic (exact) mass is 329 g/mol. The third kappa shape index (κ3) is 3.13. The molecule has 0 atom stereocenters. The second-order valence-corrected chi connectivity index (χ2v) is 6.49. The van der Waals surface area contributed by atoms with Crippen LogP contribution in [0.25, 0.3) is 0 Å². The van der Waals surface area contributed by atoms with Crippen LogP contribution in [0.4, 0.5) is 5.69 Å². The van der Waals surface area contributed by atoms with Gasteiger partial charge in [0, 0.05) is 24.2 Å². The van der Waals surface area contributed by atoms with E-state index in [2.05, 4.69) is 10.4 Å². The lowest BCUT2D eigenvalue weighted by atomic mass is 9.97. The highest BCUT2D eigenvalue weighted by Gasteiger charge is 2.43. The molecule has 1 aromatic rings. The van der Waals surface area contributed by atoms with Crippen molar-refractivity contribution in [3.8, 4) is 0 Å². The number of hydrazone groups is 1. The molecule has 1 amide bonds. The Labute approximate surface area is 141 Å². The van der Waals surface area contributed by atoms with E-state index in [1.807, 2.05) is 24.1 Å². The minimum atomic E-state index is -0.874. The number of rotatable bonds is 4. The van der Waals surface area contributed by atoms with Gasteiger partial charge in [0.05, 0.1) is 12.8 Å². The number of nitrogens with one attached hydrogen (secondary N) is 1. The Balaban J connectivity index is 1.72. The lowest BCUT2D eigenvalue weighted by Gasteiger charge is -2.27. The molecule has 128 valence electrons. The highest BCUT2D eigenvalue weighted by Crippen LogP contribution is 2.31. The fourth-order valence-corrected chi connectivity index (χ4v) is 3.39. The van der Waals surface area contributed by atoms with Gasteiger partial charge in [-0.2, -0.15) is 5.10 Å². The molecule has 2 aliphatic rings. The van der Waals surface area contributed by atoms with E-state index >= 15 is 0 Å². The Bertz CT molecular complexity index is 661. The quantitative estimate of drug-likeness (QED) is 0.862. The average molecular weight is 329 g/mol. The van der Waals surface area contributed by atoms with Gasteiger partial charge in [-0.05, 0) is 44.0 Å². The van der Waals surface area contributed by atoms with E-state index in [1.54, 1.807) is 12.1 Å². The van der Waals surface area contributed by atoms with E-state index < -0.39 is 5.54 Å². The van der Waals surface area contributed by atoms with Crippen molar-refractivity contribution >= 4 is 23.3 Å². The highest BCUT2D eigenvalue weighted by atomic mass is 16.5. The Morgan fingerprint density at radius 1 is 1.21 bits per heavy atom. The molecule has 0 saturated heterocycles. The predicted molar refractivity (Wildman–Crippen MR) is 92.2 cm³/mol. The molecule has 0 spiro atoms. The smallest absolute Gasteiger partial charge is 0.331 e. The fraction of sp³-hybridized carbons (Fsp3) is 0.500. The standard InChI is InChI=1S/C18H23N3O3/c1-13-9-12-21(20-13)15-7-5-14(6-8-15)16(22)19-18(17(23)24-2)10-3-4-11-18/h5-8H,3-4,9-12H2,1-2H3,(H,19,22). The van der Waals surface area contributed by atoms with E-state index in [1.165, 1.54) is 7.11 Å². The molecule has 0 radical (unpaired) electrons. The van der Waals surface area contributed by atoms with Crippen molar-refractivity contribution in [2.75, 3.05) is 18.7 Å². The minimum absolute atomic E-state index is 0.241. The lowest BCUT2D eigenvalue weighted by Crippen LogP contribution is -2.53. The van der Waals surface area contributed by atoms with Crippen molar-refractivity contribution in [1.29, 1.82) is 0 Å². The summed E-state index contributed by atoms with van der Waals surface area (Å²) in [6.07, 6.45) is 4.06. The maximum Gasteiger partial charge on any atom is 0.331 e. The zero-order valence-corrected chi connectivity index (χ0v) is 14.2. The van der Waals surface area contributed by atoms with E-state index in [0.717, 1.165) is 37.2 Å². The lowest BCUT2D eigenvalue weighted by molar-refractivity contribution is -0.148. The van der Waals surface area contributed by atoms with Crippen LogP contribution in [0.2, 0.25) is 0 Å². The molecular weight excluding hydrogens is 306 g/mol. The summed E-state index contributed by atoms with van der Waals surface area (Å²) < 4.78 is 4.90. The number of carbonyl (C=O) groups excluding carboxylic acids is 2. The van der Waals surface area contributed by atoms with Gasteiger partial charge in [-0.15, -0.1) is 0 Å². The Kier molecular flexibility index (Phi) is 4.55. The molecule has 0 unspecified atom stereocenters. The Morgan fingerprint density at radius 2 is 1.88 bits per heavy atom. The van der Waals surface area contributed by atoms with Gasteiger partial charge >= 0.3 is 5.97 Å². The van der Waals surface area contributed by atoms with E-state index in [-0.39, 0.29) is 11.9 Å². The van der Waals surface area contributed by atoms with Gasteiger partial charge in [-0.25, -0.2) is 4.79 Å². The number of methoxy groups -OCH3 is 1. The SMILES string of the molecule is COC(=O)C1(NC(=O)c2ccc(N3CCC(C)=N3)cc2)CCCC1. The average Bonchev–Trinajstić information content (AvgIpc) is 3.24. The number of hydrogen-bond donors (Lipinski definition) is 1. The van der Waals surface area contributed by atoms with Crippen LogP contribution in [-0.2, 0) is 9.53 Å². The second kappa shape index (κ2) is 6.63. The third-order valence-electron chi connectivity index (χ3n) is 4.79. The Morgan fingerprint density at radius 3 is 2.42 bits per heavy atom. The van der Waals surface area contributed by atoms with E-state index in [0.29, 0.717) is 18.4 Å². The number of ether oxygens (including phenoxy) is 1. The van der Waals surface area contributed by atoms with Crippen LogP contribution in [0.15, 0.2) is 29.4 Å². The summed E-state index contributed by atoms with van der Waals surface area (Å²) in [6, 6.07) is 7.31. The summed E-state index contributed by atoms with van der Waals surface area (Å²) in [7, 11) is 1.36. The van der Waals surface area contributed by atoms with Crippen molar-refractivity contribution in [1.82, 2.24) is 5.32 Å². The maximum absolute atomic E-state index is 12.6. The van der Waals surface area contributed by atoms with Crippen molar-refractivity contribution in [3.05, 3.63) is 29.8 Å². The molecule has 1 aliphatic heterocycles. The molecule has 1 aromatic carbocycles. The molecule has 24 heavy (non-hydrogen) atoms. The third-order valence-corrected chi connectivity index (χ3v) is 4.79. The zero-order valence-electron chi connectivity index (χ0n) is 14.2. The van der Waals surface area contributed by atoms with Crippen LogP contribution in [0.1, 0.15) is 49.4 Å². The largest absolute Gasteiger partial charge is 0.467 e. The fourth-order valence-electron chi connectivity index (χ4n) is 3.39. The first-order valence-corrected chi connectivity index (χ1v) is 8.37. The second-order valence-electron chi connectivity index (χ2n) is 6.49. The van der Waals surface area contributed by atoms with Crippen LogP contribution >= 0.6 is 0 Å². The van der Waals surface area contributed by atoms with Crippen molar-refractivity contribution in [2.45, 2.75) is 44.6 Å². The number of esters is 1. The molecule has 6 heteroatoms. The van der Waals surface area contributed by atoms with E-state index in [9.17, 15) is 9.59 Å². The summed E-state index contributed by atoms with van der Waals surface area (Å²) in [6.45, 7) is 2.87. The zero-order chi connectivity index (χ0) is 17.2. The first-order valence-electron chi connectivity index (χ1n) is 8.37. The van der Waals surface area contributed by atoms with Crippen LogP contribution in [-0.4, -0.2) is 36.8 Å². The number of amides is 1. The molecular formula is C18H23N3O3. The summed E-state index contributed by atoms with van der Waals surface area (Å²) in [4.78, 5) is 24.7. The van der Waals surface area contributed by atoms with Gasteiger partial charge < -0.3 is 10.1 Å². The molecule has 3 rings (SSSR count). The van der Waals surface area contributed by atoms with Crippen molar-refractivity contribution in [3.63, 3.8) is 0 Å². The number of anilines is 1. The topological polar surface area (TPSA) is 71.0 Å². The van der Waals surface area contributed by atoms with Crippen LogP contribution in [0.3, 0.4) is 0 Å². The van der Waals surface area contributed by atoms with Gasteiger partial charge in [-0.1, -0.05) is 12.8 Å². The predicted octanol–water partition coefficient (Wildman–Crippen LogP) is 2.49. The summed E-state index contributed by atoms with van der Waals surface area (Å²) >= 11 is 0. The molecule has 1 saturated carbocycles. The van der Waals surface area contributed by atoms with E-state index in [4.69, 9.17) is 4.74 Å². The summed E-state index contributed by atoms with van der Waals surface area (Å²) in [5.74, 6) is -0.596. The highest BCUT2D eigenvalue weighted by molar-refractivity contribution is 5.98. The van der Waals surface area contributed by atoms with Crippen molar-refractivity contribution < 1.29 is 14.3 Å². The molecule has 1 aliphatic carbocycles. The van der Waals surface area contributed by atoms with Crippen molar-refractivity contribution in [2.24, 2.45) is 5.10 Å². The molecule has 1 fully saturated rings. The molecule has 6 nitrogen and oxygen atoms in total. The maximum atomic E-state index is 12.6. The van der Waals surface area contributed by atoms with Crippen LogP contribution in [0, 0.1) is 0 Å². The van der Waals surface area contributed by atoms with Gasteiger partial charge in [-0.3, -0.25) is 9.80 Å². The molecule has 0 bridgehead atoms. The van der Waals surface area contributed by atoms with Gasteiger partial charge in [0.25, 0.3) is 5.91 Å². The summed E-state index contributed by atoms with van der Waals surface area (Å²) in [5.41, 5.74) is 1.74. The molecule has 1 N–H and O–H groups in total. The minimum Gasteiger partial charge on any atom is -0.467 e. The van der Waals surface area contributed by atoms with Crippen LogP contribution in [0.5, 0.6) is 0 Å². The molecule has 1 heterocycles. The van der Waals surface area contributed by atoms with Gasteiger partial charge in [0.1, 0.15) is 5.54 Å². The van der Waals surface area contributed by atoms with Gasteiger partial charge in [0.2, 0.25) is 0 Å². The normalized spacial score (nSPS) is 19.1. The first-order chi connectivity index (χ1) is 11.5. The Hall–Kier alpha value is -2.37. The number of nitrogens with zero attached hydrogens (tertiary/aromatic N) is 2. The summed E-state index contributed by atoms with van der Waals surface area (Å²) in [5, 5.41) is 9.29. The van der Waals surface area contributed by atoms with Gasteiger partial charge in [0.15, 0.2) is 0 Å².